The lowest BCUT2D eigenvalue weighted by atomic mass is 10.3. The van der Waals surface area contributed by atoms with E-state index in [-0.39, 0.29) is 12.0 Å². The lowest BCUT2D eigenvalue weighted by molar-refractivity contribution is -0.130. The Balaban J connectivity index is 1.83. The van der Waals surface area contributed by atoms with Gasteiger partial charge in [0.2, 0.25) is 11.8 Å². The summed E-state index contributed by atoms with van der Waals surface area (Å²) in [4.78, 5) is 17.9. The molecule has 1 aliphatic rings. The Bertz CT molecular complexity index is 442. The SMILES string of the molecule is C=CCCC(=O)N1CCC(Oc2ccc(C)cn2)C1. The molecule has 19 heavy (non-hydrogen) atoms. The fourth-order valence-electron chi connectivity index (χ4n) is 2.13. The van der Waals surface area contributed by atoms with Crippen LogP contribution in [0.15, 0.2) is 31.0 Å². The van der Waals surface area contributed by atoms with Crippen LogP contribution < -0.4 is 4.74 Å². The minimum absolute atomic E-state index is 0.0582. The number of carbonyl (C=O) groups excluding carboxylic acids is 1. The second-order valence-electron chi connectivity index (χ2n) is 4.87. The zero-order valence-corrected chi connectivity index (χ0v) is 11.3. The number of hydrogen-bond acceptors (Lipinski definition) is 3. The highest BCUT2D eigenvalue weighted by Gasteiger charge is 2.27. The lowest BCUT2D eigenvalue weighted by Crippen LogP contribution is -2.30. The van der Waals surface area contributed by atoms with Gasteiger partial charge in [0.15, 0.2) is 0 Å². The van der Waals surface area contributed by atoms with Gasteiger partial charge in [0, 0.05) is 31.6 Å². The van der Waals surface area contributed by atoms with Gasteiger partial charge in [-0.2, -0.15) is 0 Å². The van der Waals surface area contributed by atoms with Crippen LogP contribution in [-0.4, -0.2) is 35.0 Å². The highest BCUT2D eigenvalue weighted by atomic mass is 16.5. The second kappa shape index (κ2) is 6.36. The Labute approximate surface area is 114 Å². The van der Waals surface area contributed by atoms with Crippen LogP contribution in [-0.2, 0) is 4.79 Å². The summed E-state index contributed by atoms with van der Waals surface area (Å²) in [5.74, 6) is 0.818. The molecule has 1 amide bonds. The van der Waals surface area contributed by atoms with Crippen molar-refractivity contribution in [2.45, 2.75) is 32.3 Å². The van der Waals surface area contributed by atoms with Crippen LogP contribution in [0, 0.1) is 6.92 Å². The predicted octanol–water partition coefficient (Wildman–Crippen LogP) is 2.34. The molecule has 0 aromatic carbocycles. The minimum Gasteiger partial charge on any atom is -0.472 e. The standard InChI is InChI=1S/C15H20N2O2/c1-3-4-5-15(18)17-9-8-13(11-17)19-14-7-6-12(2)10-16-14/h3,6-7,10,13H,1,4-5,8-9,11H2,2H3. The first-order valence-electron chi connectivity index (χ1n) is 6.67. The van der Waals surface area contributed by atoms with Gasteiger partial charge in [0.1, 0.15) is 6.10 Å². The molecule has 0 saturated carbocycles. The van der Waals surface area contributed by atoms with E-state index in [0.29, 0.717) is 18.8 Å². The lowest BCUT2D eigenvalue weighted by Gasteiger charge is -2.16. The number of allylic oxidation sites excluding steroid dienone is 1. The van der Waals surface area contributed by atoms with Crippen molar-refractivity contribution in [3.63, 3.8) is 0 Å². The molecule has 1 aromatic rings. The third-order valence-corrected chi connectivity index (χ3v) is 3.23. The number of nitrogens with zero attached hydrogens (tertiary/aromatic N) is 2. The number of aromatic nitrogens is 1. The maximum atomic E-state index is 11.9. The van der Waals surface area contributed by atoms with Gasteiger partial charge < -0.3 is 9.64 Å². The number of hydrogen-bond donors (Lipinski definition) is 0. The van der Waals surface area contributed by atoms with Gasteiger partial charge in [-0.15, -0.1) is 6.58 Å². The van der Waals surface area contributed by atoms with Gasteiger partial charge >= 0.3 is 0 Å². The summed E-state index contributed by atoms with van der Waals surface area (Å²) in [6.07, 6.45) is 5.77. The largest absolute Gasteiger partial charge is 0.472 e. The number of likely N-dealkylation sites (tertiary alicyclic amines) is 1. The average molecular weight is 260 g/mol. The fraction of sp³-hybridized carbons (Fsp3) is 0.467. The summed E-state index contributed by atoms with van der Waals surface area (Å²) in [5.41, 5.74) is 1.11. The van der Waals surface area contributed by atoms with Crippen LogP contribution >= 0.6 is 0 Å². The van der Waals surface area contributed by atoms with E-state index < -0.39 is 0 Å². The normalized spacial score (nSPS) is 18.4. The van der Waals surface area contributed by atoms with E-state index in [4.69, 9.17) is 4.74 Å². The Kier molecular flexibility index (Phi) is 4.55. The Hall–Kier alpha value is -1.84. The first-order chi connectivity index (χ1) is 9.19. The second-order valence-corrected chi connectivity index (χ2v) is 4.87. The molecule has 0 radical (unpaired) electrons. The number of aryl methyl sites for hydroxylation is 1. The smallest absolute Gasteiger partial charge is 0.223 e. The molecule has 1 aliphatic heterocycles. The Morgan fingerprint density at radius 2 is 2.47 bits per heavy atom. The first kappa shape index (κ1) is 13.6. The van der Waals surface area contributed by atoms with Crippen LogP contribution in [0.4, 0.5) is 0 Å². The summed E-state index contributed by atoms with van der Waals surface area (Å²) >= 11 is 0. The van der Waals surface area contributed by atoms with Crippen LogP contribution in [0.2, 0.25) is 0 Å². The molecule has 2 heterocycles. The topological polar surface area (TPSA) is 42.4 Å². The van der Waals surface area contributed by atoms with Crippen molar-refractivity contribution >= 4 is 5.91 Å². The van der Waals surface area contributed by atoms with E-state index in [0.717, 1.165) is 24.9 Å². The highest BCUT2D eigenvalue weighted by Crippen LogP contribution is 2.17. The Morgan fingerprint density at radius 3 is 3.16 bits per heavy atom. The van der Waals surface area contributed by atoms with Crippen LogP contribution in [0.25, 0.3) is 0 Å². The van der Waals surface area contributed by atoms with E-state index in [2.05, 4.69) is 11.6 Å². The van der Waals surface area contributed by atoms with E-state index in [1.54, 1.807) is 12.3 Å². The van der Waals surface area contributed by atoms with Crippen LogP contribution in [0.1, 0.15) is 24.8 Å². The number of pyridine rings is 1. The summed E-state index contributed by atoms with van der Waals surface area (Å²) in [6, 6.07) is 3.85. The van der Waals surface area contributed by atoms with Crippen molar-refractivity contribution in [1.29, 1.82) is 0 Å². The fourth-order valence-corrected chi connectivity index (χ4v) is 2.13. The third kappa shape index (κ3) is 3.81. The maximum Gasteiger partial charge on any atom is 0.223 e. The van der Waals surface area contributed by atoms with E-state index in [1.807, 2.05) is 24.0 Å². The van der Waals surface area contributed by atoms with Gasteiger partial charge in [-0.3, -0.25) is 4.79 Å². The van der Waals surface area contributed by atoms with Gasteiger partial charge in [0.05, 0.1) is 6.54 Å². The van der Waals surface area contributed by atoms with E-state index in [1.165, 1.54) is 0 Å². The molecular formula is C15H20N2O2. The number of ether oxygens (including phenoxy) is 1. The quantitative estimate of drug-likeness (QED) is 0.763. The Morgan fingerprint density at radius 1 is 1.63 bits per heavy atom. The molecular weight excluding hydrogens is 240 g/mol. The summed E-state index contributed by atoms with van der Waals surface area (Å²) < 4.78 is 5.79. The molecule has 0 bridgehead atoms. The monoisotopic (exact) mass is 260 g/mol. The van der Waals surface area contributed by atoms with Crippen molar-refractivity contribution in [2.75, 3.05) is 13.1 Å². The van der Waals surface area contributed by atoms with Gasteiger partial charge in [-0.1, -0.05) is 12.1 Å². The van der Waals surface area contributed by atoms with Gasteiger partial charge in [-0.05, 0) is 18.9 Å². The molecule has 1 atom stereocenters. The molecule has 4 nitrogen and oxygen atoms in total. The highest BCUT2D eigenvalue weighted by molar-refractivity contribution is 5.76. The van der Waals surface area contributed by atoms with E-state index >= 15 is 0 Å². The third-order valence-electron chi connectivity index (χ3n) is 3.23. The van der Waals surface area contributed by atoms with Crippen molar-refractivity contribution in [2.24, 2.45) is 0 Å². The number of carbonyl (C=O) groups is 1. The zero-order chi connectivity index (χ0) is 13.7. The van der Waals surface area contributed by atoms with Crippen molar-refractivity contribution in [3.8, 4) is 5.88 Å². The van der Waals surface area contributed by atoms with Crippen LogP contribution in [0.3, 0.4) is 0 Å². The number of amides is 1. The van der Waals surface area contributed by atoms with Crippen molar-refractivity contribution in [1.82, 2.24) is 9.88 Å². The molecule has 0 aliphatic carbocycles. The maximum absolute atomic E-state index is 11.9. The van der Waals surface area contributed by atoms with Gasteiger partial charge in [-0.25, -0.2) is 4.98 Å². The molecule has 1 saturated heterocycles. The molecule has 0 N–H and O–H groups in total. The zero-order valence-electron chi connectivity index (χ0n) is 11.3. The minimum atomic E-state index is 0.0582. The summed E-state index contributed by atoms with van der Waals surface area (Å²) in [6.45, 7) is 7.05. The van der Waals surface area contributed by atoms with Crippen molar-refractivity contribution in [3.05, 3.63) is 36.5 Å². The molecule has 4 heteroatoms. The summed E-state index contributed by atoms with van der Waals surface area (Å²) in [5, 5.41) is 0. The summed E-state index contributed by atoms with van der Waals surface area (Å²) in [7, 11) is 0. The molecule has 1 fully saturated rings. The predicted molar refractivity (Wildman–Crippen MR) is 74.0 cm³/mol. The van der Waals surface area contributed by atoms with E-state index in [9.17, 15) is 4.79 Å². The van der Waals surface area contributed by atoms with Crippen LogP contribution in [0.5, 0.6) is 5.88 Å². The molecule has 2 rings (SSSR count). The molecule has 1 aromatic heterocycles. The molecule has 1 unspecified atom stereocenters. The van der Waals surface area contributed by atoms with Gasteiger partial charge in [0.25, 0.3) is 0 Å². The molecule has 102 valence electrons. The number of rotatable bonds is 5. The average Bonchev–Trinajstić information content (AvgIpc) is 2.87. The molecule has 0 spiro atoms. The van der Waals surface area contributed by atoms with Crippen molar-refractivity contribution < 1.29 is 9.53 Å². The first-order valence-corrected chi connectivity index (χ1v) is 6.67.